The summed E-state index contributed by atoms with van der Waals surface area (Å²) in [7, 11) is 1.51. The van der Waals surface area contributed by atoms with E-state index in [9.17, 15) is 4.79 Å². The third-order valence-corrected chi connectivity index (χ3v) is 6.55. The van der Waals surface area contributed by atoms with E-state index < -0.39 is 5.91 Å². The Hall–Kier alpha value is -3.50. The highest BCUT2D eigenvalue weighted by molar-refractivity contribution is 5.96. The van der Waals surface area contributed by atoms with Gasteiger partial charge in [0.25, 0.3) is 5.91 Å². The summed E-state index contributed by atoms with van der Waals surface area (Å²) in [5.74, 6) is 1.37. The predicted molar refractivity (Wildman–Crippen MR) is 133 cm³/mol. The molecule has 184 valence electrons. The number of pyridine rings is 1. The van der Waals surface area contributed by atoms with Gasteiger partial charge in [0.15, 0.2) is 5.65 Å². The molecule has 2 aromatic heterocycles. The fourth-order valence-corrected chi connectivity index (χ4v) is 4.61. The quantitative estimate of drug-likeness (QED) is 0.589. The zero-order chi connectivity index (χ0) is 24.5. The average Bonchev–Trinajstić information content (AvgIpc) is 2.88. The normalized spacial score (nSPS) is 20.8. The zero-order valence-electron chi connectivity index (χ0n) is 20.2. The van der Waals surface area contributed by atoms with Crippen LogP contribution in [0.25, 0.3) is 22.3 Å². The predicted octanol–water partition coefficient (Wildman–Crippen LogP) is 2.25. The van der Waals surface area contributed by atoms with Crippen molar-refractivity contribution in [2.24, 2.45) is 5.73 Å². The molecule has 2 unspecified atom stereocenters. The van der Waals surface area contributed by atoms with Crippen molar-refractivity contribution >= 4 is 28.7 Å². The van der Waals surface area contributed by atoms with Crippen molar-refractivity contribution < 1.29 is 19.0 Å². The fraction of sp³-hybridized carbons (Fsp3) is 0.440. The van der Waals surface area contributed by atoms with Crippen LogP contribution in [-0.2, 0) is 9.47 Å². The Morgan fingerprint density at radius 3 is 2.37 bits per heavy atom. The molecule has 35 heavy (non-hydrogen) atoms. The Morgan fingerprint density at radius 2 is 1.71 bits per heavy atom. The summed E-state index contributed by atoms with van der Waals surface area (Å²) in [4.78, 5) is 31.0. The van der Waals surface area contributed by atoms with Gasteiger partial charge in [-0.2, -0.15) is 9.97 Å². The van der Waals surface area contributed by atoms with Gasteiger partial charge in [-0.05, 0) is 38.1 Å². The summed E-state index contributed by atoms with van der Waals surface area (Å²) in [6, 6.07) is 9.53. The molecule has 2 aliphatic heterocycles. The topological polar surface area (TPSA) is 116 Å². The third-order valence-electron chi connectivity index (χ3n) is 6.55. The Morgan fingerprint density at radius 1 is 1.00 bits per heavy atom. The van der Waals surface area contributed by atoms with Gasteiger partial charge in [-0.3, -0.25) is 4.79 Å². The molecule has 2 N–H and O–H groups in total. The molecule has 2 saturated heterocycles. The molecule has 0 spiro atoms. The average molecular weight is 479 g/mol. The molecule has 0 saturated carbocycles. The second-order valence-corrected chi connectivity index (χ2v) is 8.93. The van der Waals surface area contributed by atoms with E-state index in [2.05, 4.69) is 23.6 Å². The van der Waals surface area contributed by atoms with E-state index in [0.717, 1.165) is 29.9 Å². The van der Waals surface area contributed by atoms with Crippen molar-refractivity contribution in [1.29, 1.82) is 0 Å². The Balaban J connectivity index is 1.64. The minimum atomic E-state index is -0.541. The lowest BCUT2D eigenvalue weighted by molar-refractivity contribution is 0.0973. The molecule has 2 aliphatic rings. The van der Waals surface area contributed by atoms with E-state index in [1.165, 1.54) is 7.11 Å². The van der Waals surface area contributed by atoms with Crippen LogP contribution in [0.15, 0.2) is 30.3 Å². The Labute approximate surface area is 204 Å². The number of hydrogen-bond donors (Lipinski definition) is 1. The number of rotatable bonds is 5. The summed E-state index contributed by atoms with van der Waals surface area (Å²) in [6.07, 6.45) is 0. The molecule has 3 aromatic rings. The number of fused-ring (bicyclic) bond motifs is 1. The molecule has 10 nitrogen and oxygen atoms in total. The van der Waals surface area contributed by atoms with Crippen LogP contribution >= 0.6 is 0 Å². The highest BCUT2D eigenvalue weighted by Gasteiger charge is 2.27. The van der Waals surface area contributed by atoms with Gasteiger partial charge < -0.3 is 29.7 Å². The maximum Gasteiger partial charge on any atom is 0.252 e. The standard InChI is InChI=1S/C25H30N6O4/c1-15-13-34-10-8-30(15)24-19-6-7-20(17-4-5-18(22(26)32)21(12-17)33-3)27-23(19)28-25(29-24)31-9-11-35-14-16(31)2/h4-7,12,15-16H,8-11,13-14H2,1-3H3,(H2,26,32). The number of benzene rings is 1. The summed E-state index contributed by atoms with van der Waals surface area (Å²) in [5, 5.41) is 0.882. The summed E-state index contributed by atoms with van der Waals surface area (Å²) < 4.78 is 16.7. The zero-order valence-corrected chi connectivity index (χ0v) is 20.2. The van der Waals surface area contributed by atoms with Crippen molar-refractivity contribution in [2.45, 2.75) is 25.9 Å². The first-order valence-corrected chi connectivity index (χ1v) is 11.8. The first-order chi connectivity index (χ1) is 17.0. The molecular formula is C25H30N6O4. The van der Waals surface area contributed by atoms with Gasteiger partial charge in [0.2, 0.25) is 5.95 Å². The molecule has 2 fully saturated rings. The molecule has 0 aliphatic carbocycles. The first kappa shape index (κ1) is 23.3. The van der Waals surface area contributed by atoms with E-state index in [1.54, 1.807) is 12.1 Å². The molecule has 5 rings (SSSR count). The van der Waals surface area contributed by atoms with Crippen LogP contribution in [0, 0.1) is 0 Å². The molecule has 4 heterocycles. The minimum absolute atomic E-state index is 0.157. The number of methoxy groups -OCH3 is 1. The van der Waals surface area contributed by atoms with E-state index >= 15 is 0 Å². The van der Waals surface area contributed by atoms with Crippen LogP contribution in [0.2, 0.25) is 0 Å². The number of hydrogen-bond acceptors (Lipinski definition) is 9. The minimum Gasteiger partial charge on any atom is -0.496 e. The van der Waals surface area contributed by atoms with Crippen molar-refractivity contribution in [2.75, 3.05) is 56.4 Å². The smallest absolute Gasteiger partial charge is 0.252 e. The molecule has 1 amide bonds. The number of primary amides is 1. The Bertz CT molecular complexity index is 1250. The second-order valence-electron chi connectivity index (χ2n) is 8.93. The number of nitrogens with two attached hydrogens (primary N) is 1. The third kappa shape index (κ3) is 4.46. The lowest BCUT2D eigenvalue weighted by atomic mass is 10.1. The number of ether oxygens (including phenoxy) is 3. The molecule has 0 radical (unpaired) electrons. The van der Waals surface area contributed by atoms with Crippen LogP contribution in [0.1, 0.15) is 24.2 Å². The number of nitrogens with zero attached hydrogens (tertiary/aromatic N) is 5. The first-order valence-electron chi connectivity index (χ1n) is 11.8. The maximum absolute atomic E-state index is 11.7. The Kier molecular flexibility index (Phi) is 6.40. The van der Waals surface area contributed by atoms with Crippen LogP contribution in [0.3, 0.4) is 0 Å². The van der Waals surface area contributed by atoms with Gasteiger partial charge in [0.05, 0.1) is 62.3 Å². The summed E-state index contributed by atoms with van der Waals surface area (Å²) in [5.41, 5.74) is 7.92. The lowest BCUT2D eigenvalue weighted by Crippen LogP contribution is -2.46. The van der Waals surface area contributed by atoms with Gasteiger partial charge in [0.1, 0.15) is 11.6 Å². The molecular weight excluding hydrogens is 448 g/mol. The number of aromatic nitrogens is 3. The maximum atomic E-state index is 11.7. The SMILES string of the molecule is COc1cc(-c2ccc3c(N4CCOCC4C)nc(N4CCOCC4C)nc3n2)ccc1C(N)=O. The summed E-state index contributed by atoms with van der Waals surface area (Å²) in [6.45, 7) is 8.27. The van der Waals surface area contributed by atoms with Crippen molar-refractivity contribution in [1.82, 2.24) is 15.0 Å². The van der Waals surface area contributed by atoms with Crippen LogP contribution in [-0.4, -0.2) is 79.6 Å². The van der Waals surface area contributed by atoms with Gasteiger partial charge in [-0.15, -0.1) is 0 Å². The van der Waals surface area contributed by atoms with Crippen LogP contribution in [0.4, 0.5) is 11.8 Å². The fourth-order valence-electron chi connectivity index (χ4n) is 4.61. The summed E-state index contributed by atoms with van der Waals surface area (Å²) >= 11 is 0. The van der Waals surface area contributed by atoms with E-state index in [0.29, 0.717) is 55.0 Å². The van der Waals surface area contributed by atoms with Gasteiger partial charge >= 0.3 is 0 Å². The molecule has 0 bridgehead atoms. The van der Waals surface area contributed by atoms with Gasteiger partial charge in [-0.25, -0.2) is 4.98 Å². The number of carbonyl (C=O) groups is 1. The van der Waals surface area contributed by atoms with Crippen LogP contribution < -0.4 is 20.3 Å². The highest BCUT2D eigenvalue weighted by Crippen LogP contribution is 2.32. The molecule has 10 heteroatoms. The van der Waals surface area contributed by atoms with Crippen molar-refractivity contribution in [3.63, 3.8) is 0 Å². The van der Waals surface area contributed by atoms with E-state index in [4.69, 9.17) is 34.9 Å². The largest absolute Gasteiger partial charge is 0.496 e. The van der Waals surface area contributed by atoms with Crippen molar-refractivity contribution in [3.8, 4) is 17.0 Å². The van der Waals surface area contributed by atoms with Gasteiger partial charge in [0, 0.05) is 18.7 Å². The van der Waals surface area contributed by atoms with Crippen LogP contribution in [0.5, 0.6) is 5.75 Å². The number of amides is 1. The van der Waals surface area contributed by atoms with Gasteiger partial charge in [-0.1, -0.05) is 6.07 Å². The van der Waals surface area contributed by atoms with E-state index in [1.807, 2.05) is 18.2 Å². The monoisotopic (exact) mass is 478 g/mol. The van der Waals surface area contributed by atoms with E-state index in [-0.39, 0.29) is 12.1 Å². The molecule has 1 aromatic carbocycles. The number of morpholine rings is 2. The lowest BCUT2D eigenvalue weighted by Gasteiger charge is -2.37. The number of anilines is 2. The highest BCUT2D eigenvalue weighted by atomic mass is 16.5. The van der Waals surface area contributed by atoms with Crippen molar-refractivity contribution in [3.05, 3.63) is 35.9 Å². The second kappa shape index (κ2) is 9.63. The number of carbonyl (C=O) groups excluding carboxylic acids is 1. The molecule has 2 atom stereocenters.